The quantitative estimate of drug-likeness (QED) is 0.322. The minimum atomic E-state index is -0.691. The number of halogens is 1. The Balaban J connectivity index is 1.60. The molecule has 2 heterocycles. The number of methoxy groups -OCH3 is 1. The van der Waals surface area contributed by atoms with Crippen molar-refractivity contribution in [2.24, 2.45) is 4.99 Å². The van der Waals surface area contributed by atoms with Crippen molar-refractivity contribution in [3.8, 4) is 0 Å². The van der Waals surface area contributed by atoms with Gasteiger partial charge in [0.2, 0.25) is 0 Å². The van der Waals surface area contributed by atoms with Gasteiger partial charge in [-0.3, -0.25) is 9.59 Å². The summed E-state index contributed by atoms with van der Waals surface area (Å²) in [5.74, 6) is -0.312. The highest BCUT2D eigenvalue weighted by molar-refractivity contribution is 6.31. The van der Waals surface area contributed by atoms with E-state index < -0.39 is 18.1 Å². The van der Waals surface area contributed by atoms with E-state index in [-0.39, 0.29) is 11.6 Å². The predicted octanol–water partition coefficient (Wildman–Crippen LogP) is 4.48. The van der Waals surface area contributed by atoms with E-state index in [2.05, 4.69) is 4.99 Å². The third-order valence-corrected chi connectivity index (χ3v) is 5.99. The number of amidine groups is 1. The SMILES string of the molecule is COC(=O)[C@H]1[C@H](c2ccccc2Cl)N1N1C(=O)/C(=C\c2ccccc2)N=C1c1ccccc1. The van der Waals surface area contributed by atoms with E-state index in [0.29, 0.717) is 10.9 Å². The lowest BCUT2D eigenvalue weighted by Gasteiger charge is -2.20. The Hall–Kier alpha value is -3.74. The van der Waals surface area contributed by atoms with E-state index in [0.717, 1.165) is 16.7 Å². The summed E-state index contributed by atoms with van der Waals surface area (Å²) < 4.78 is 5.04. The normalized spacial score (nSPS) is 22.9. The average Bonchev–Trinajstić information content (AvgIpc) is 3.49. The molecule has 1 saturated heterocycles. The molecule has 2 aliphatic heterocycles. The van der Waals surface area contributed by atoms with Gasteiger partial charge >= 0.3 is 5.97 Å². The molecule has 164 valence electrons. The van der Waals surface area contributed by atoms with Crippen LogP contribution in [0.25, 0.3) is 6.08 Å². The maximum absolute atomic E-state index is 13.6. The number of hydrogen-bond donors (Lipinski definition) is 0. The molecule has 33 heavy (non-hydrogen) atoms. The number of hydrogen-bond acceptors (Lipinski definition) is 5. The molecule has 5 rings (SSSR count). The zero-order chi connectivity index (χ0) is 22.9. The van der Waals surface area contributed by atoms with Crippen LogP contribution in [-0.2, 0) is 14.3 Å². The van der Waals surface area contributed by atoms with Gasteiger partial charge in [-0.15, -0.1) is 0 Å². The molecular formula is C26H20ClN3O3. The molecule has 0 aliphatic carbocycles. The topological polar surface area (TPSA) is 62.0 Å². The molecule has 1 amide bonds. The zero-order valence-electron chi connectivity index (χ0n) is 17.8. The first-order valence-corrected chi connectivity index (χ1v) is 10.8. The van der Waals surface area contributed by atoms with Crippen LogP contribution in [0.5, 0.6) is 0 Å². The zero-order valence-corrected chi connectivity index (χ0v) is 18.5. The maximum Gasteiger partial charge on any atom is 0.327 e. The number of nitrogens with zero attached hydrogens (tertiary/aromatic N) is 3. The van der Waals surface area contributed by atoms with Crippen LogP contribution in [0.3, 0.4) is 0 Å². The Labute approximate surface area is 196 Å². The molecule has 3 aromatic carbocycles. The van der Waals surface area contributed by atoms with Crippen LogP contribution in [0.2, 0.25) is 5.02 Å². The molecule has 0 radical (unpaired) electrons. The molecule has 3 atom stereocenters. The highest BCUT2D eigenvalue weighted by Gasteiger charge is 2.61. The summed E-state index contributed by atoms with van der Waals surface area (Å²) in [5, 5.41) is 3.68. The first kappa shape index (κ1) is 21.1. The second kappa shape index (κ2) is 8.65. The van der Waals surface area contributed by atoms with Gasteiger partial charge in [0.25, 0.3) is 5.91 Å². The van der Waals surface area contributed by atoms with Gasteiger partial charge in [0.05, 0.1) is 13.2 Å². The molecule has 0 saturated carbocycles. The number of carbonyl (C=O) groups excluding carboxylic acids is 2. The highest BCUT2D eigenvalue weighted by atomic mass is 35.5. The molecule has 0 aromatic heterocycles. The second-order valence-corrected chi connectivity index (χ2v) is 8.08. The molecular weight excluding hydrogens is 438 g/mol. The fraction of sp³-hybridized carbons (Fsp3) is 0.115. The molecule has 6 nitrogen and oxygen atoms in total. The van der Waals surface area contributed by atoms with Crippen LogP contribution < -0.4 is 0 Å². The molecule has 3 aromatic rings. The number of hydrazine groups is 1. The van der Waals surface area contributed by atoms with E-state index in [4.69, 9.17) is 16.3 Å². The summed E-state index contributed by atoms with van der Waals surface area (Å²) in [6, 6.07) is 25.1. The summed E-state index contributed by atoms with van der Waals surface area (Å²) >= 11 is 6.45. The standard InChI is InChI=1S/C26H20ClN3O3/c1-33-26(32)23-22(19-14-8-9-15-20(19)27)29(23)30-24(18-12-6-3-7-13-18)28-21(25(30)31)16-17-10-4-2-5-11-17/h2-16,22-23H,1H3/b21-16+/t22-,23+,29?/m0/s1. The number of benzene rings is 3. The van der Waals surface area contributed by atoms with Crippen molar-refractivity contribution in [2.75, 3.05) is 7.11 Å². The van der Waals surface area contributed by atoms with Gasteiger partial charge in [0, 0.05) is 10.6 Å². The Kier molecular flexibility index (Phi) is 5.54. The third-order valence-electron chi connectivity index (χ3n) is 5.65. The highest BCUT2D eigenvalue weighted by Crippen LogP contribution is 2.49. The Bertz CT molecular complexity index is 1270. The predicted molar refractivity (Wildman–Crippen MR) is 126 cm³/mol. The minimum Gasteiger partial charge on any atom is -0.468 e. The van der Waals surface area contributed by atoms with E-state index in [9.17, 15) is 9.59 Å². The van der Waals surface area contributed by atoms with E-state index in [1.165, 1.54) is 12.1 Å². The van der Waals surface area contributed by atoms with Crippen molar-refractivity contribution in [2.45, 2.75) is 12.1 Å². The lowest BCUT2D eigenvalue weighted by Crippen LogP contribution is -2.40. The van der Waals surface area contributed by atoms with Gasteiger partial charge in [-0.25, -0.2) is 10.0 Å². The summed E-state index contributed by atoms with van der Waals surface area (Å²) in [7, 11) is 1.33. The van der Waals surface area contributed by atoms with E-state index in [1.54, 1.807) is 17.2 Å². The van der Waals surface area contributed by atoms with Crippen LogP contribution in [0.1, 0.15) is 22.7 Å². The van der Waals surface area contributed by atoms with Crippen LogP contribution in [0, 0.1) is 0 Å². The second-order valence-electron chi connectivity index (χ2n) is 7.67. The van der Waals surface area contributed by atoms with Crippen molar-refractivity contribution in [3.63, 3.8) is 0 Å². The fourth-order valence-electron chi connectivity index (χ4n) is 4.06. The molecule has 1 fully saturated rings. The lowest BCUT2D eigenvalue weighted by molar-refractivity contribution is -0.142. The van der Waals surface area contributed by atoms with Crippen molar-refractivity contribution < 1.29 is 14.3 Å². The summed E-state index contributed by atoms with van der Waals surface area (Å²) in [5.41, 5.74) is 2.65. The molecule has 2 aliphatic rings. The number of aliphatic imine (C=N–C) groups is 1. The van der Waals surface area contributed by atoms with Gasteiger partial charge in [-0.1, -0.05) is 90.5 Å². The number of amides is 1. The van der Waals surface area contributed by atoms with Crippen molar-refractivity contribution >= 4 is 35.4 Å². The molecule has 1 unspecified atom stereocenters. The summed E-state index contributed by atoms with van der Waals surface area (Å²) in [6.07, 6.45) is 1.74. The first-order valence-electron chi connectivity index (χ1n) is 10.5. The molecule has 7 heteroatoms. The van der Waals surface area contributed by atoms with E-state index in [1.807, 2.05) is 78.9 Å². The van der Waals surface area contributed by atoms with Crippen LogP contribution >= 0.6 is 11.6 Å². The number of rotatable bonds is 5. The van der Waals surface area contributed by atoms with Gasteiger partial charge in [-0.05, 0) is 23.3 Å². The Morgan fingerprint density at radius 1 is 0.970 bits per heavy atom. The van der Waals surface area contributed by atoms with Crippen molar-refractivity contribution in [1.29, 1.82) is 0 Å². The van der Waals surface area contributed by atoms with Gasteiger partial charge in [-0.2, -0.15) is 5.01 Å². The number of esters is 1. The van der Waals surface area contributed by atoms with Gasteiger partial charge in [0.1, 0.15) is 11.7 Å². The third kappa shape index (κ3) is 3.84. The largest absolute Gasteiger partial charge is 0.468 e. The monoisotopic (exact) mass is 457 g/mol. The Morgan fingerprint density at radius 2 is 1.61 bits per heavy atom. The summed E-state index contributed by atoms with van der Waals surface area (Å²) in [4.78, 5) is 30.9. The molecule has 0 N–H and O–H groups in total. The van der Waals surface area contributed by atoms with Crippen LogP contribution in [0.15, 0.2) is 95.6 Å². The van der Waals surface area contributed by atoms with Crippen LogP contribution in [-0.4, -0.2) is 40.9 Å². The maximum atomic E-state index is 13.6. The van der Waals surface area contributed by atoms with Gasteiger partial charge in [0.15, 0.2) is 5.84 Å². The van der Waals surface area contributed by atoms with Gasteiger partial charge < -0.3 is 4.74 Å². The van der Waals surface area contributed by atoms with Crippen molar-refractivity contribution in [1.82, 2.24) is 10.0 Å². The van der Waals surface area contributed by atoms with E-state index >= 15 is 0 Å². The van der Waals surface area contributed by atoms with Crippen molar-refractivity contribution in [3.05, 3.63) is 112 Å². The molecule has 0 spiro atoms. The first-order chi connectivity index (χ1) is 16.1. The number of carbonyl (C=O) groups is 2. The Morgan fingerprint density at radius 3 is 2.27 bits per heavy atom. The minimum absolute atomic E-state index is 0.286. The lowest BCUT2D eigenvalue weighted by atomic mass is 10.1. The summed E-state index contributed by atoms with van der Waals surface area (Å²) in [6.45, 7) is 0. The number of ether oxygens (including phenoxy) is 1. The average molecular weight is 458 g/mol. The smallest absolute Gasteiger partial charge is 0.327 e. The molecule has 0 bridgehead atoms. The van der Waals surface area contributed by atoms with Crippen LogP contribution in [0.4, 0.5) is 0 Å². The fourth-order valence-corrected chi connectivity index (χ4v) is 4.30.